The SMILES string of the molecule is CN[C@H]1CC[C@@]2(C)C(CCC3C2CC[C@@]2(C)C3C[C@@H]3O[C@]4(CCC(C)CO4)[C@@H](C)[C@@H]32)C1. The van der Waals surface area contributed by atoms with E-state index in [4.69, 9.17) is 9.47 Å². The largest absolute Gasteiger partial charge is 0.349 e. The molecule has 31 heavy (non-hydrogen) atoms. The second kappa shape index (κ2) is 7.19. The van der Waals surface area contributed by atoms with Gasteiger partial charge in [-0.2, -0.15) is 0 Å². The summed E-state index contributed by atoms with van der Waals surface area (Å²) in [6.45, 7) is 11.1. The van der Waals surface area contributed by atoms with Crippen LogP contribution in [0.2, 0.25) is 0 Å². The molecule has 6 aliphatic rings. The number of hydrogen-bond acceptors (Lipinski definition) is 3. The van der Waals surface area contributed by atoms with Crippen molar-refractivity contribution in [3.05, 3.63) is 0 Å². The summed E-state index contributed by atoms with van der Waals surface area (Å²) in [6, 6.07) is 0.762. The van der Waals surface area contributed by atoms with E-state index >= 15 is 0 Å². The van der Waals surface area contributed by atoms with Gasteiger partial charge in [-0.25, -0.2) is 0 Å². The normalized spacial score (nSPS) is 60.9. The average Bonchev–Trinajstić information content (AvgIpc) is 3.20. The standard InChI is InChI=1S/C28H47NO2/c1-17-8-13-28(30-16-17)18(2)25-24(31-28)15-23-21-7-6-19-14-20(29-5)9-11-26(19,3)22(21)10-12-27(23,25)4/h17-25,29H,6-16H2,1-5H3/t17?,18-,19?,20-,21?,22?,23?,24-,25-,26-,27-,28+/m0/s1. The predicted molar refractivity (Wildman–Crippen MR) is 125 cm³/mol. The van der Waals surface area contributed by atoms with E-state index < -0.39 is 0 Å². The van der Waals surface area contributed by atoms with E-state index in [1.807, 2.05) is 0 Å². The van der Waals surface area contributed by atoms with Crippen LogP contribution in [0.1, 0.15) is 91.9 Å². The molecule has 0 amide bonds. The van der Waals surface area contributed by atoms with E-state index in [0.29, 0.717) is 34.7 Å². The van der Waals surface area contributed by atoms with Gasteiger partial charge in [0.1, 0.15) is 0 Å². The maximum atomic E-state index is 6.94. The van der Waals surface area contributed by atoms with Crippen molar-refractivity contribution in [1.29, 1.82) is 0 Å². The molecular formula is C28H47NO2. The summed E-state index contributed by atoms with van der Waals surface area (Å²) in [4.78, 5) is 0. The van der Waals surface area contributed by atoms with Gasteiger partial charge < -0.3 is 14.8 Å². The Labute approximate surface area is 190 Å². The summed E-state index contributed by atoms with van der Waals surface area (Å²) in [5.74, 6) is 5.40. The van der Waals surface area contributed by atoms with Crippen molar-refractivity contribution in [2.45, 2.75) is 110 Å². The first-order chi connectivity index (χ1) is 14.8. The second-order valence-corrected chi connectivity index (χ2v) is 13.4. The van der Waals surface area contributed by atoms with Crippen LogP contribution in [0.15, 0.2) is 0 Å². The predicted octanol–water partition coefficient (Wildman–Crippen LogP) is 6.02. The Hall–Kier alpha value is -0.120. The van der Waals surface area contributed by atoms with Crippen LogP contribution in [-0.2, 0) is 9.47 Å². The van der Waals surface area contributed by atoms with Crippen molar-refractivity contribution in [3.63, 3.8) is 0 Å². The third-order valence-corrected chi connectivity index (χ3v) is 12.3. The molecule has 0 aromatic carbocycles. The molecule has 4 aliphatic carbocycles. The molecule has 3 heteroatoms. The molecular weight excluding hydrogens is 382 g/mol. The van der Waals surface area contributed by atoms with Crippen molar-refractivity contribution >= 4 is 0 Å². The van der Waals surface area contributed by atoms with Crippen molar-refractivity contribution in [1.82, 2.24) is 5.32 Å². The first-order valence-electron chi connectivity index (χ1n) is 13.8. The van der Waals surface area contributed by atoms with Gasteiger partial charge in [-0.15, -0.1) is 0 Å². The lowest BCUT2D eigenvalue weighted by atomic mass is 9.44. The van der Waals surface area contributed by atoms with E-state index in [1.165, 1.54) is 57.8 Å². The lowest BCUT2D eigenvalue weighted by Gasteiger charge is -2.61. The Kier molecular flexibility index (Phi) is 4.97. The van der Waals surface area contributed by atoms with E-state index in [9.17, 15) is 0 Å². The Morgan fingerprint density at radius 2 is 1.65 bits per heavy atom. The molecule has 176 valence electrons. The molecule has 6 fully saturated rings. The highest BCUT2D eigenvalue weighted by atomic mass is 16.7. The maximum absolute atomic E-state index is 6.94. The van der Waals surface area contributed by atoms with Crippen molar-refractivity contribution in [2.75, 3.05) is 13.7 Å². The van der Waals surface area contributed by atoms with Crippen molar-refractivity contribution in [2.24, 2.45) is 52.3 Å². The molecule has 2 aliphatic heterocycles. The molecule has 1 N–H and O–H groups in total. The number of ether oxygens (including phenoxy) is 2. The summed E-state index contributed by atoms with van der Waals surface area (Å²) in [6.07, 6.45) is 14.2. The Morgan fingerprint density at radius 3 is 2.39 bits per heavy atom. The molecule has 3 nitrogen and oxygen atoms in total. The van der Waals surface area contributed by atoms with Gasteiger partial charge in [0.25, 0.3) is 0 Å². The number of rotatable bonds is 1. The fraction of sp³-hybridized carbons (Fsp3) is 1.00. The fourth-order valence-electron chi connectivity index (χ4n) is 10.5. The summed E-state index contributed by atoms with van der Waals surface area (Å²) >= 11 is 0. The van der Waals surface area contributed by atoms with Gasteiger partial charge in [0.2, 0.25) is 0 Å². The highest BCUT2D eigenvalue weighted by Gasteiger charge is 2.69. The van der Waals surface area contributed by atoms with Crippen LogP contribution in [0.25, 0.3) is 0 Å². The summed E-state index contributed by atoms with van der Waals surface area (Å²) in [5.41, 5.74) is 1.05. The monoisotopic (exact) mass is 429 g/mol. The number of fused-ring (bicyclic) bond motifs is 7. The minimum absolute atomic E-state index is 0.262. The highest BCUT2D eigenvalue weighted by molar-refractivity contribution is 5.15. The second-order valence-electron chi connectivity index (χ2n) is 13.4. The van der Waals surface area contributed by atoms with E-state index in [0.717, 1.165) is 42.7 Å². The number of hydrogen-bond donors (Lipinski definition) is 1. The molecule has 12 atom stereocenters. The minimum Gasteiger partial charge on any atom is -0.349 e. The molecule has 4 saturated carbocycles. The molecule has 0 aromatic heterocycles. The third-order valence-electron chi connectivity index (χ3n) is 12.3. The molecule has 0 bridgehead atoms. The molecule has 5 unspecified atom stereocenters. The van der Waals surface area contributed by atoms with Crippen LogP contribution in [0.5, 0.6) is 0 Å². The van der Waals surface area contributed by atoms with Gasteiger partial charge in [-0.1, -0.05) is 27.7 Å². The average molecular weight is 430 g/mol. The Morgan fingerprint density at radius 1 is 0.839 bits per heavy atom. The minimum atomic E-state index is -0.262. The van der Waals surface area contributed by atoms with Crippen molar-refractivity contribution < 1.29 is 9.47 Å². The van der Waals surface area contributed by atoms with Crippen LogP contribution in [0.4, 0.5) is 0 Å². The van der Waals surface area contributed by atoms with Crippen molar-refractivity contribution in [3.8, 4) is 0 Å². The zero-order chi connectivity index (χ0) is 21.6. The quantitative estimate of drug-likeness (QED) is 0.553. The summed E-state index contributed by atoms with van der Waals surface area (Å²) in [5, 5.41) is 3.60. The van der Waals surface area contributed by atoms with Gasteiger partial charge in [-0.05, 0) is 111 Å². The zero-order valence-electron chi connectivity index (χ0n) is 20.8. The van der Waals surface area contributed by atoms with Gasteiger partial charge in [0, 0.05) is 18.4 Å². The topological polar surface area (TPSA) is 30.5 Å². The lowest BCUT2D eigenvalue weighted by molar-refractivity contribution is -0.273. The smallest absolute Gasteiger partial charge is 0.171 e. The first kappa shape index (κ1) is 21.4. The van der Waals surface area contributed by atoms with Gasteiger partial charge in [0.05, 0.1) is 12.7 Å². The molecule has 2 heterocycles. The summed E-state index contributed by atoms with van der Waals surface area (Å²) < 4.78 is 13.4. The maximum Gasteiger partial charge on any atom is 0.171 e. The Balaban J connectivity index is 1.24. The molecule has 0 aromatic rings. The number of nitrogens with one attached hydrogen (secondary N) is 1. The summed E-state index contributed by atoms with van der Waals surface area (Å²) in [7, 11) is 2.17. The first-order valence-corrected chi connectivity index (χ1v) is 13.8. The zero-order valence-corrected chi connectivity index (χ0v) is 20.8. The van der Waals surface area contributed by atoms with Gasteiger partial charge in [-0.3, -0.25) is 0 Å². The van der Waals surface area contributed by atoms with Crippen LogP contribution in [0.3, 0.4) is 0 Å². The van der Waals surface area contributed by atoms with E-state index in [1.54, 1.807) is 0 Å². The van der Waals surface area contributed by atoms with Crippen LogP contribution in [-0.4, -0.2) is 31.6 Å². The molecule has 0 radical (unpaired) electrons. The third kappa shape index (κ3) is 2.88. The van der Waals surface area contributed by atoms with Gasteiger partial charge >= 0.3 is 0 Å². The Bertz CT molecular complexity index is 701. The fourth-order valence-corrected chi connectivity index (χ4v) is 10.5. The van der Waals surface area contributed by atoms with E-state index in [-0.39, 0.29) is 5.79 Å². The van der Waals surface area contributed by atoms with E-state index in [2.05, 4.69) is 40.1 Å². The van der Waals surface area contributed by atoms with Crippen LogP contribution >= 0.6 is 0 Å². The van der Waals surface area contributed by atoms with Crippen LogP contribution in [0, 0.1) is 52.3 Å². The highest BCUT2D eigenvalue weighted by Crippen LogP contribution is 2.71. The molecule has 6 rings (SSSR count). The lowest BCUT2D eigenvalue weighted by Crippen LogP contribution is -2.55. The van der Waals surface area contributed by atoms with Gasteiger partial charge in [0.15, 0.2) is 5.79 Å². The van der Waals surface area contributed by atoms with Crippen LogP contribution < -0.4 is 5.32 Å². The molecule has 2 saturated heterocycles. The molecule has 1 spiro atoms.